The molecule has 0 aliphatic rings. The highest BCUT2D eigenvalue weighted by molar-refractivity contribution is 5.61. The lowest BCUT2D eigenvalue weighted by molar-refractivity contribution is 0.215. The summed E-state index contributed by atoms with van der Waals surface area (Å²) in [6.07, 6.45) is 2.60. The van der Waals surface area contributed by atoms with Gasteiger partial charge in [-0.15, -0.1) is 0 Å². The standard InChI is InChI=1S/C10H13NO/c1-9-5-3-4-6-10(9)7-8-11-12-2/h3-6,8H,7H2,1-2H3. The van der Waals surface area contributed by atoms with E-state index in [0.29, 0.717) is 0 Å². The van der Waals surface area contributed by atoms with Crippen LogP contribution in [0.1, 0.15) is 11.1 Å². The summed E-state index contributed by atoms with van der Waals surface area (Å²) in [5.74, 6) is 0. The second kappa shape index (κ2) is 4.54. The van der Waals surface area contributed by atoms with Crippen LogP contribution in [-0.4, -0.2) is 13.3 Å². The molecule has 0 heterocycles. The van der Waals surface area contributed by atoms with Crippen LogP contribution in [0.2, 0.25) is 0 Å². The Morgan fingerprint density at radius 3 is 2.83 bits per heavy atom. The van der Waals surface area contributed by atoms with Gasteiger partial charge in [0.15, 0.2) is 0 Å². The molecule has 2 nitrogen and oxygen atoms in total. The highest BCUT2D eigenvalue weighted by Gasteiger charge is 1.92. The first-order valence-corrected chi connectivity index (χ1v) is 3.94. The Kier molecular flexibility index (Phi) is 3.33. The number of aryl methyl sites for hydroxylation is 1. The minimum atomic E-state index is 0.834. The highest BCUT2D eigenvalue weighted by atomic mass is 16.6. The Morgan fingerprint density at radius 2 is 2.17 bits per heavy atom. The summed E-state index contributed by atoms with van der Waals surface area (Å²) in [7, 11) is 1.55. The summed E-state index contributed by atoms with van der Waals surface area (Å²) in [5.41, 5.74) is 2.58. The molecule has 0 fully saturated rings. The molecule has 0 aliphatic heterocycles. The van der Waals surface area contributed by atoms with Gasteiger partial charge in [-0.25, -0.2) is 0 Å². The molecule has 0 unspecified atom stereocenters. The van der Waals surface area contributed by atoms with E-state index < -0.39 is 0 Å². The van der Waals surface area contributed by atoms with Gasteiger partial charge in [-0.05, 0) is 18.1 Å². The fourth-order valence-corrected chi connectivity index (χ4v) is 1.05. The summed E-state index contributed by atoms with van der Waals surface area (Å²) in [6.45, 7) is 2.09. The van der Waals surface area contributed by atoms with Crippen LogP contribution in [0.3, 0.4) is 0 Å². The quantitative estimate of drug-likeness (QED) is 0.494. The third-order valence-corrected chi connectivity index (χ3v) is 1.75. The number of benzene rings is 1. The summed E-state index contributed by atoms with van der Waals surface area (Å²) < 4.78 is 0. The molecule has 0 bridgehead atoms. The smallest absolute Gasteiger partial charge is 0.106 e. The fourth-order valence-electron chi connectivity index (χ4n) is 1.05. The van der Waals surface area contributed by atoms with Gasteiger partial charge in [0.1, 0.15) is 7.11 Å². The average molecular weight is 163 g/mol. The molecule has 0 aliphatic carbocycles. The first kappa shape index (κ1) is 8.78. The molecule has 0 saturated carbocycles. The maximum Gasteiger partial charge on any atom is 0.106 e. The second-order valence-electron chi connectivity index (χ2n) is 2.60. The zero-order chi connectivity index (χ0) is 8.81. The molecule has 0 spiro atoms. The molecule has 2 heteroatoms. The van der Waals surface area contributed by atoms with E-state index in [1.807, 2.05) is 12.1 Å². The Balaban J connectivity index is 2.63. The molecule has 64 valence electrons. The van der Waals surface area contributed by atoms with Gasteiger partial charge in [0.25, 0.3) is 0 Å². The van der Waals surface area contributed by atoms with Crippen LogP contribution < -0.4 is 0 Å². The molecule has 0 atom stereocenters. The van der Waals surface area contributed by atoms with E-state index in [4.69, 9.17) is 0 Å². The van der Waals surface area contributed by atoms with Gasteiger partial charge in [0.05, 0.1) is 0 Å². The summed E-state index contributed by atoms with van der Waals surface area (Å²) in [6, 6.07) is 8.25. The SMILES string of the molecule is CON=CCc1ccccc1C. The van der Waals surface area contributed by atoms with Crippen molar-refractivity contribution in [1.29, 1.82) is 0 Å². The summed E-state index contributed by atoms with van der Waals surface area (Å²) >= 11 is 0. The van der Waals surface area contributed by atoms with Crippen molar-refractivity contribution in [3.63, 3.8) is 0 Å². The van der Waals surface area contributed by atoms with Crippen molar-refractivity contribution in [1.82, 2.24) is 0 Å². The number of hydrogen-bond donors (Lipinski definition) is 0. The summed E-state index contributed by atoms with van der Waals surface area (Å²) in [4.78, 5) is 4.57. The van der Waals surface area contributed by atoms with E-state index in [2.05, 4.69) is 29.0 Å². The highest BCUT2D eigenvalue weighted by Crippen LogP contribution is 2.06. The molecule has 1 aromatic carbocycles. The third kappa shape index (κ3) is 2.38. The third-order valence-electron chi connectivity index (χ3n) is 1.75. The van der Waals surface area contributed by atoms with Crippen molar-refractivity contribution >= 4 is 6.21 Å². The second-order valence-corrected chi connectivity index (χ2v) is 2.60. The normalized spacial score (nSPS) is 10.5. The first-order valence-electron chi connectivity index (χ1n) is 3.94. The van der Waals surface area contributed by atoms with Crippen molar-refractivity contribution in [3.8, 4) is 0 Å². The van der Waals surface area contributed by atoms with E-state index in [9.17, 15) is 0 Å². The number of nitrogens with zero attached hydrogens (tertiary/aromatic N) is 1. The molecule has 0 radical (unpaired) electrons. The van der Waals surface area contributed by atoms with E-state index in [0.717, 1.165) is 6.42 Å². The monoisotopic (exact) mass is 163 g/mol. The molecular formula is C10H13NO. The Hall–Kier alpha value is -1.31. The fraction of sp³-hybridized carbons (Fsp3) is 0.300. The van der Waals surface area contributed by atoms with Crippen LogP contribution in [-0.2, 0) is 11.3 Å². The molecule has 0 N–H and O–H groups in total. The maximum absolute atomic E-state index is 4.57. The van der Waals surface area contributed by atoms with Crippen molar-refractivity contribution < 1.29 is 4.84 Å². The molecule has 1 aromatic rings. The molecule has 1 rings (SSSR count). The average Bonchev–Trinajstić information content (AvgIpc) is 2.09. The largest absolute Gasteiger partial charge is 0.399 e. The van der Waals surface area contributed by atoms with Crippen LogP contribution in [0.15, 0.2) is 29.4 Å². The van der Waals surface area contributed by atoms with Gasteiger partial charge >= 0.3 is 0 Å². The van der Waals surface area contributed by atoms with Gasteiger partial charge in [-0.1, -0.05) is 29.4 Å². The Labute approximate surface area is 72.9 Å². The Morgan fingerprint density at radius 1 is 1.42 bits per heavy atom. The summed E-state index contributed by atoms with van der Waals surface area (Å²) in [5, 5.41) is 3.68. The predicted molar refractivity (Wildman–Crippen MR) is 50.4 cm³/mol. The van der Waals surface area contributed by atoms with Gasteiger partial charge in [-0.3, -0.25) is 0 Å². The van der Waals surface area contributed by atoms with Crippen LogP contribution in [0.5, 0.6) is 0 Å². The molecule has 0 amide bonds. The van der Waals surface area contributed by atoms with Gasteiger partial charge in [-0.2, -0.15) is 0 Å². The predicted octanol–water partition coefficient (Wildman–Crippen LogP) is 2.17. The van der Waals surface area contributed by atoms with Crippen molar-refractivity contribution in [3.05, 3.63) is 35.4 Å². The topological polar surface area (TPSA) is 21.6 Å². The maximum atomic E-state index is 4.57. The van der Waals surface area contributed by atoms with Crippen LogP contribution in [0.4, 0.5) is 0 Å². The van der Waals surface area contributed by atoms with Crippen LogP contribution in [0, 0.1) is 6.92 Å². The minimum Gasteiger partial charge on any atom is -0.399 e. The van der Waals surface area contributed by atoms with Crippen molar-refractivity contribution in [2.24, 2.45) is 5.16 Å². The first-order chi connectivity index (χ1) is 5.84. The molecule has 12 heavy (non-hydrogen) atoms. The van der Waals surface area contributed by atoms with Crippen molar-refractivity contribution in [2.45, 2.75) is 13.3 Å². The van der Waals surface area contributed by atoms with Crippen LogP contribution in [0.25, 0.3) is 0 Å². The van der Waals surface area contributed by atoms with E-state index in [1.165, 1.54) is 11.1 Å². The van der Waals surface area contributed by atoms with E-state index in [-0.39, 0.29) is 0 Å². The van der Waals surface area contributed by atoms with E-state index >= 15 is 0 Å². The molecule has 0 saturated heterocycles. The van der Waals surface area contributed by atoms with Gasteiger partial charge in [0, 0.05) is 12.6 Å². The number of hydrogen-bond acceptors (Lipinski definition) is 2. The van der Waals surface area contributed by atoms with Crippen LogP contribution >= 0.6 is 0 Å². The van der Waals surface area contributed by atoms with E-state index in [1.54, 1.807) is 13.3 Å². The lowest BCUT2D eigenvalue weighted by Crippen LogP contribution is -1.89. The molecule has 0 aromatic heterocycles. The Bertz CT molecular complexity index is 268. The van der Waals surface area contributed by atoms with Crippen molar-refractivity contribution in [2.75, 3.05) is 7.11 Å². The minimum absolute atomic E-state index is 0.834. The lowest BCUT2D eigenvalue weighted by atomic mass is 10.1. The van der Waals surface area contributed by atoms with Gasteiger partial charge < -0.3 is 4.84 Å². The zero-order valence-electron chi connectivity index (χ0n) is 7.45. The van der Waals surface area contributed by atoms with Gasteiger partial charge in [0.2, 0.25) is 0 Å². The molecular weight excluding hydrogens is 150 g/mol. The zero-order valence-corrected chi connectivity index (χ0v) is 7.45. The number of rotatable bonds is 3. The number of oxime groups is 1. The lowest BCUT2D eigenvalue weighted by Gasteiger charge is -1.99.